The Kier molecular flexibility index (Phi) is 3.71. The molecule has 1 aromatic rings. The van der Waals surface area contributed by atoms with E-state index in [2.05, 4.69) is 15.9 Å². The smallest absolute Gasteiger partial charge is 0.166 e. The van der Waals surface area contributed by atoms with Gasteiger partial charge in [0.05, 0.1) is 10.0 Å². The van der Waals surface area contributed by atoms with Crippen LogP contribution in [0.25, 0.3) is 0 Å². The van der Waals surface area contributed by atoms with Crippen LogP contribution in [0.3, 0.4) is 0 Å². The molecule has 0 saturated carbocycles. The van der Waals surface area contributed by atoms with Crippen LogP contribution < -0.4 is 0 Å². The van der Waals surface area contributed by atoms with Crippen molar-refractivity contribution in [3.63, 3.8) is 0 Å². The second kappa shape index (κ2) is 5.06. The molecule has 2 nitrogen and oxygen atoms in total. The van der Waals surface area contributed by atoms with Gasteiger partial charge in [0.2, 0.25) is 0 Å². The van der Waals surface area contributed by atoms with Crippen LogP contribution in [0, 0.1) is 11.7 Å². The molecule has 1 atom stereocenters. The van der Waals surface area contributed by atoms with Gasteiger partial charge in [-0.15, -0.1) is 0 Å². The van der Waals surface area contributed by atoms with E-state index in [-0.39, 0.29) is 17.3 Å². The van der Waals surface area contributed by atoms with Crippen molar-refractivity contribution in [2.45, 2.75) is 12.8 Å². The zero-order chi connectivity index (χ0) is 11.5. The van der Waals surface area contributed by atoms with E-state index < -0.39 is 5.82 Å². The SMILES string of the molecule is O=C(CC1CCOC1)c1cccc(Br)c1F. The minimum atomic E-state index is -0.466. The molecule has 1 unspecified atom stereocenters. The second-order valence-corrected chi connectivity index (χ2v) is 4.81. The van der Waals surface area contributed by atoms with Gasteiger partial charge in [0.25, 0.3) is 0 Å². The quantitative estimate of drug-likeness (QED) is 0.798. The van der Waals surface area contributed by atoms with Gasteiger partial charge in [-0.25, -0.2) is 4.39 Å². The van der Waals surface area contributed by atoms with Crippen LogP contribution in [0.2, 0.25) is 0 Å². The van der Waals surface area contributed by atoms with E-state index in [0.717, 1.165) is 6.42 Å². The summed E-state index contributed by atoms with van der Waals surface area (Å²) in [5.41, 5.74) is 0.168. The number of hydrogen-bond donors (Lipinski definition) is 0. The van der Waals surface area contributed by atoms with Crippen molar-refractivity contribution in [1.29, 1.82) is 0 Å². The molecule has 1 heterocycles. The maximum absolute atomic E-state index is 13.6. The van der Waals surface area contributed by atoms with E-state index in [0.29, 0.717) is 24.1 Å². The summed E-state index contributed by atoms with van der Waals surface area (Å²) in [6, 6.07) is 4.79. The zero-order valence-electron chi connectivity index (χ0n) is 8.71. The van der Waals surface area contributed by atoms with Crippen molar-refractivity contribution in [2.24, 2.45) is 5.92 Å². The van der Waals surface area contributed by atoms with Crippen LogP contribution in [0.5, 0.6) is 0 Å². The van der Waals surface area contributed by atoms with Crippen LogP contribution in [0.15, 0.2) is 22.7 Å². The maximum atomic E-state index is 13.6. The summed E-state index contributed by atoms with van der Waals surface area (Å²) in [5.74, 6) is -0.369. The van der Waals surface area contributed by atoms with Crippen LogP contribution >= 0.6 is 15.9 Å². The first-order chi connectivity index (χ1) is 7.68. The fourth-order valence-corrected chi connectivity index (χ4v) is 2.20. The highest BCUT2D eigenvalue weighted by molar-refractivity contribution is 9.10. The van der Waals surface area contributed by atoms with E-state index in [1.165, 1.54) is 6.07 Å². The van der Waals surface area contributed by atoms with Crippen LogP contribution in [0.1, 0.15) is 23.2 Å². The van der Waals surface area contributed by atoms with E-state index in [1.54, 1.807) is 12.1 Å². The molecule has 0 spiro atoms. The fraction of sp³-hybridized carbons (Fsp3) is 0.417. The largest absolute Gasteiger partial charge is 0.381 e. The Morgan fingerprint density at radius 3 is 3.06 bits per heavy atom. The Balaban J connectivity index is 2.11. The summed E-state index contributed by atoms with van der Waals surface area (Å²) < 4.78 is 19.2. The van der Waals surface area contributed by atoms with Gasteiger partial charge in [-0.2, -0.15) is 0 Å². The molecule has 2 rings (SSSR count). The summed E-state index contributed by atoms with van der Waals surface area (Å²) in [6.45, 7) is 1.32. The van der Waals surface area contributed by atoms with Crippen LogP contribution in [0.4, 0.5) is 4.39 Å². The highest BCUT2D eigenvalue weighted by Gasteiger charge is 2.22. The van der Waals surface area contributed by atoms with Crippen molar-refractivity contribution in [2.75, 3.05) is 13.2 Å². The summed E-state index contributed by atoms with van der Waals surface area (Å²) in [6.07, 6.45) is 1.26. The minimum absolute atomic E-state index is 0.144. The van der Waals surface area contributed by atoms with Gasteiger partial charge in [0.1, 0.15) is 5.82 Å². The second-order valence-electron chi connectivity index (χ2n) is 3.96. The van der Waals surface area contributed by atoms with Gasteiger partial charge in [-0.05, 0) is 40.4 Å². The van der Waals surface area contributed by atoms with Gasteiger partial charge in [-0.1, -0.05) is 6.07 Å². The molecule has 1 fully saturated rings. The summed E-state index contributed by atoms with van der Waals surface area (Å²) in [5, 5.41) is 0. The molecule has 0 aromatic heterocycles. The molecule has 0 bridgehead atoms. The molecule has 0 amide bonds. The van der Waals surface area contributed by atoms with Crippen LogP contribution in [-0.4, -0.2) is 19.0 Å². The Bertz CT molecular complexity index is 400. The van der Waals surface area contributed by atoms with Crippen molar-refractivity contribution in [1.82, 2.24) is 0 Å². The molecule has 1 aliphatic rings. The Morgan fingerprint density at radius 2 is 2.38 bits per heavy atom. The van der Waals surface area contributed by atoms with Crippen molar-refractivity contribution in [3.8, 4) is 0 Å². The molecule has 0 aliphatic carbocycles. The Labute approximate surface area is 102 Å². The predicted octanol–water partition coefficient (Wildman–Crippen LogP) is 3.20. The molecule has 4 heteroatoms. The monoisotopic (exact) mass is 286 g/mol. The lowest BCUT2D eigenvalue weighted by Gasteiger charge is -2.07. The number of Topliss-reactive ketones (excluding diaryl/α,β-unsaturated/α-hetero) is 1. The molecule has 1 aromatic carbocycles. The van der Waals surface area contributed by atoms with Crippen molar-refractivity contribution in [3.05, 3.63) is 34.1 Å². The molecular formula is C12H12BrFO2. The molecule has 16 heavy (non-hydrogen) atoms. The van der Waals surface area contributed by atoms with Crippen molar-refractivity contribution < 1.29 is 13.9 Å². The Hall–Kier alpha value is -0.740. The lowest BCUT2D eigenvalue weighted by atomic mass is 9.97. The van der Waals surface area contributed by atoms with E-state index in [4.69, 9.17) is 4.74 Å². The number of ketones is 1. The van der Waals surface area contributed by atoms with Gasteiger partial charge in [-0.3, -0.25) is 4.79 Å². The number of halogens is 2. The summed E-state index contributed by atoms with van der Waals surface area (Å²) in [4.78, 5) is 11.9. The number of ether oxygens (including phenoxy) is 1. The summed E-state index contributed by atoms with van der Waals surface area (Å²) in [7, 11) is 0. The molecule has 0 radical (unpaired) electrons. The standard InChI is InChI=1S/C12H12BrFO2/c13-10-3-1-2-9(12(10)14)11(15)6-8-4-5-16-7-8/h1-3,8H,4-7H2. The number of rotatable bonds is 3. The third kappa shape index (κ3) is 2.50. The van der Waals surface area contributed by atoms with Crippen molar-refractivity contribution >= 4 is 21.7 Å². The topological polar surface area (TPSA) is 26.3 Å². The maximum Gasteiger partial charge on any atom is 0.166 e. The highest BCUT2D eigenvalue weighted by Crippen LogP contribution is 2.23. The highest BCUT2D eigenvalue weighted by atomic mass is 79.9. The van der Waals surface area contributed by atoms with Crippen LogP contribution in [-0.2, 0) is 4.74 Å². The zero-order valence-corrected chi connectivity index (χ0v) is 10.3. The third-order valence-electron chi connectivity index (χ3n) is 2.75. The Morgan fingerprint density at radius 1 is 1.56 bits per heavy atom. The first-order valence-electron chi connectivity index (χ1n) is 5.23. The van der Waals surface area contributed by atoms with E-state index in [1.807, 2.05) is 0 Å². The number of benzene rings is 1. The first kappa shape index (κ1) is 11.7. The predicted molar refractivity (Wildman–Crippen MR) is 62.0 cm³/mol. The van der Waals surface area contributed by atoms with Gasteiger partial charge in [0, 0.05) is 19.6 Å². The lowest BCUT2D eigenvalue weighted by Crippen LogP contribution is -2.10. The van der Waals surface area contributed by atoms with Gasteiger partial charge >= 0.3 is 0 Å². The van der Waals surface area contributed by atoms with E-state index >= 15 is 0 Å². The number of carbonyl (C=O) groups excluding carboxylic acids is 1. The average molecular weight is 287 g/mol. The average Bonchev–Trinajstić information content (AvgIpc) is 2.74. The van der Waals surface area contributed by atoms with E-state index in [9.17, 15) is 9.18 Å². The molecule has 86 valence electrons. The molecule has 0 N–H and O–H groups in total. The molecular weight excluding hydrogens is 275 g/mol. The minimum Gasteiger partial charge on any atom is -0.381 e. The molecule has 1 aliphatic heterocycles. The number of carbonyl (C=O) groups is 1. The normalized spacial score (nSPS) is 20.0. The first-order valence-corrected chi connectivity index (χ1v) is 6.02. The van der Waals surface area contributed by atoms with Gasteiger partial charge in [0.15, 0.2) is 5.78 Å². The lowest BCUT2D eigenvalue weighted by molar-refractivity contribution is 0.0948. The third-order valence-corrected chi connectivity index (χ3v) is 3.36. The fourth-order valence-electron chi connectivity index (χ4n) is 1.84. The molecule has 1 saturated heterocycles. The summed E-state index contributed by atoms with van der Waals surface area (Å²) >= 11 is 3.08. The number of hydrogen-bond acceptors (Lipinski definition) is 2. The van der Waals surface area contributed by atoms with Gasteiger partial charge < -0.3 is 4.74 Å².